The predicted molar refractivity (Wildman–Crippen MR) is 53.4 cm³/mol. The number of aliphatic hydroxyl groups is 1. The molecule has 0 radical (unpaired) electrons. The standard InChI is InChI=1S/C11H17NO/c1-9(2)7-11(13)8-10-5-3-4-6-12-10/h3-6,9,11,13H,7-8H2,1-2H3. The average Bonchev–Trinajstić information content (AvgIpc) is 2.04. The third-order valence-corrected chi connectivity index (χ3v) is 1.91. The van der Waals surface area contributed by atoms with Crippen LogP contribution in [0.5, 0.6) is 0 Å². The number of aromatic nitrogens is 1. The van der Waals surface area contributed by atoms with Gasteiger partial charge in [0.1, 0.15) is 0 Å². The minimum Gasteiger partial charge on any atom is -0.393 e. The van der Waals surface area contributed by atoms with E-state index >= 15 is 0 Å². The maximum absolute atomic E-state index is 9.63. The van der Waals surface area contributed by atoms with Gasteiger partial charge in [-0.15, -0.1) is 0 Å². The highest BCUT2D eigenvalue weighted by Gasteiger charge is 2.07. The molecule has 0 aliphatic heterocycles. The summed E-state index contributed by atoms with van der Waals surface area (Å²) in [5, 5.41) is 9.63. The Morgan fingerprint density at radius 1 is 1.38 bits per heavy atom. The molecule has 0 aliphatic carbocycles. The smallest absolute Gasteiger partial charge is 0.0598 e. The van der Waals surface area contributed by atoms with Crippen LogP contribution in [0.3, 0.4) is 0 Å². The highest BCUT2D eigenvalue weighted by atomic mass is 16.3. The van der Waals surface area contributed by atoms with E-state index in [2.05, 4.69) is 18.8 Å². The second-order valence-corrected chi connectivity index (χ2v) is 3.81. The lowest BCUT2D eigenvalue weighted by atomic mass is 10.0. The molecule has 1 heterocycles. The molecule has 0 saturated carbocycles. The number of hydrogen-bond donors (Lipinski definition) is 1. The molecule has 0 fully saturated rings. The maximum atomic E-state index is 9.63. The second kappa shape index (κ2) is 4.97. The van der Waals surface area contributed by atoms with Crippen molar-refractivity contribution in [2.75, 3.05) is 0 Å². The van der Waals surface area contributed by atoms with E-state index in [9.17, 15) is 5.11 Å². The van der Waals surface area contributed by atoms with E-state index in [0.717, 1.165) is 12.1 Å². The average molecular weight is 179 g/mol. The lowest BCUT2D eigenvalue weighted by Gasteiger charge is -2.11. The Labute approximate surface area is 79.6 Å². The monoisotopic (exact) mass is 179 g/mol. The fourth-order valence-corrected chi connectivity index (χ4v) is 1.39. The van der Waals surface area contributed by atoms with Gasteiger partial charge >= 0.3 is 0 Å². The zero-order valence-corrected chi connectivity index (χ0v) is 8.27. The minimum absolute atomic E-state index is 0.255. The summed E-state index contributed by atoms with van der Waals surface area (Å²) in [6.07, 6.45) is 3.02. The molecule has 2 nitrogen and oxygen atoms in total. The van der Waals surface area contributed by atoms with Crippen LogP contribution in [0.1, 0.15) is 26.0 Å². The first-order chi connectivity index (χ1) is 6.18. The third-order valence-electron chi connectivity index (χ3n) is 1.91. The topological polar surface area (TPSA) is 33.1 Å². The zero-order valence-electron chi connectivity index (χ0n) is 8.27. The van der Waals surface area contributed by atoms with Gasteiger partial charge in [0.2, 0.25) is 0 Å². The predicted octanol–water partition coefficient (Wildman–Crippen LogP) is 2.03. The highest BCUT2D eigenvalue weighted by Crippen LogP contribution is 2.08. The summed E-state index contributed by atoms with van der Waals surface area (Å²) in [6, 6.07) is 5.78. The van der Waals surface area contributed by atoms with Crippen LogP contribution in [0.25, 0.3) is 0 Å². The molecule has 72 valence electrons. The Balaban J connectivity index is 2.41. The van der Waals surface area contributed by atoms with Gasteiger partial charge in [0.25, 0.3) is 0 Å². The van der Waals surface area contributed by atoms with Gasteiger partial charge in [-0.1, -0.05) is 19.9 Å². The van der Waals surface area contributed by atoms with E-state index in [0.29, 0.717) is 12.3 Å². The number of pyridine rings is 1. The second-order valence-electron chi connectivity index (χ2n) is 3.81. The Bertz CT molecular complexity index is 233. The number of hydrogen-bond acceptors (Lipinski definition) is 2. The van der Waals surface area contributed by atoms with E-state index in [1.165, 1.54) is 0 Å². The van der Waals surface area contributed by atoms with Gasteiger partial charge < -0.3 is 5.11 Å². The molecule has 1 unspecified atom stereocenters. The first-order valence-electron chi connectivity index (χ1n) is 4.76. The molecular weight excluding hydrogens is 162 g/mol. The van der Waals surface area contributed by atoms with Crippen molar-refractivity contribution in [2.45, 2.75) is 32.8 Å². The quantitative estimate of drug-likeness (QED) is 0.767. The van der Waals surface area contributed by atoms with Gasteiger partial charge in [-0.25, -0.2) is 0 Å². The fourth-order valence-electron chi connectivity index (χ4n) is 1.39. The number of aliphatic hydroxyl groups excluding tert-OH is 1. The summed E-state index contributed by atoms with van der Waals surface area (Å²) < 4.78 is 0. The maximum Gasteiger partial charge on any atom is 0.0598 e. The van der Waals surface area contributed by atoms with Gasteiger partial charge in [0.15, 0.2) is 0 Å². The highest BCUT2D eigenvalue weighted by molar-refractivity contribution is 5.04. The van der Waals surface area contributed by atoms with Crippen molar-refractivity contribution in [1.29, 1.82) is 0 Å². The first kappa shape index (κ1) is 10.2. The van der Waals surface area contributed by atoms with Crippen molar-refractivity contribution in [3.05, 3.63) is 30.1 Å². The summed E-state index contributed by atoms with van der Waals surface area (Å²) in [7, 11) is 0. The van der Waals surface area contributed by atoms with Crippen molar-refractivity contribution < 1.29 is 5.11 Å². The zero-order chi connectivity index (χ0) is 9.68. The third kappa shape index (κ3) is 4.04. The fraction of sp³-hybridized carbons (Fsp3) is 0.545. The van der Waals surface area contributed by atoms with Gasteiger partial charge in [-0.05, 0) is 24.5 Å². The van der Waals surface area contributed by atoms with Crippen LogP contribution in [0, 0.1) is 5.92 Å². The van der Waals surface area contributed by atoms with Crippen LogP contribution in [-0.2, 0) is 6.42 Å². The van der Waals surface area contributed by atoms with Crippen molar-refractivity contribution in [3.8, 4) is 0 Å². The summed E-state index contributed by atoms with van der Waals surface area (Å²) in [5.41, 5.74) is 0.968. The van der Waals surface area contributed by atoms with Crippen LogP contribution in [0.15, 0.2) is 24.4 Å². The molecule has 1 aromatic heterocycles. The van der Waals surface area contributed by atoms with E-state index < -0.39 is 0 Å². The SMILES string of the molecule is CC(C)CC(O)Cc1ccccn1. The molecule has 1 atom stereocenters. The van der Waals surface area contributed by atoms with E-state index in [4.69, 9.17) is 0 Å². The minimum atomic E-state index is -0.255. The molecule has 0 spiro atoms. The van der Waals surface area contributed by atoms with Crippen LogP contribution >= 0.6 is 0 Å². The summed E-state index contributed by atoms with van der Waals surface area (Å²) in [4.78, 5) is 4.17. The molecule has 0 aliphatic rings. The molecule has 0 amide bonds. The first-order valence-corrected chi connectivity index (χ1v) is 4.76. The molecule has 2 heteroatoms. The Morgan fingerprint density at radius 2 is 2.15 bits per heavy atom. The number of rotatable bonds is 4. The molecule has 0 aromatic carbocycles. The molecule has 1 rings (SSSR count). The lowest BCUT2D eigenvalue weighted by Crippen LogP contribution is -2.13. The van der Waals surface area contributed by atoms with Crippen LogP contribution in [-0.4, -0.2) is 16.2 Å². The largest absolute Gasteiger partial charge is 0.393 e. The van der Waals surface area contributed by atoms with Crippen LogP contribution in [0.2, 0.25) is 0 Å². The van der Waals surface area contributed by atoms with E-state index in [1.807, 2.05) is 18.2 Å². The Kier molecular flexibility index (Phi) is 3.90. The van der Waals surface area contributed by atoms with Gasteiger partial charge in [-0.2, -0.15) is 0 Å². The van der Waals surface area contributed by atoms with Gasteiger partial charge in [0, 0.05) is 18.3 Å². The summed E-state index contributed by atoms with van der Waals surface area (Å²) >= 11 is 0. The Morgan fingerprint density at radius 3 is 2.69 bits per heavy atom. The molecule has 1 N–H and O–H groups in total. The summed E-state index contributed by atoms with van der Waals surface area (Å²) in [6.45, 7) is 4.23. The molecule has 0 saturated heterocycles. The van der Waals surface area contributed by atoms with Gasteiger partial charge in [-0.3, -0.25) is 4.98 Å². The van der Waals surface area contributed by atoms with E-state index in [1.54, 1.807) is 6.20 Å². The summed E-state index contributed by atoms with van der Waals surface area (Å²) in [5.74, 6) is 0.540. The van der Waals surface area contributed by atoms with Crippen molar-refractivity contribution in [2.24, 2.45) is 5.92 Å². The van der Waals surface area contributed by atoms with Crippen LogP contribution in [0.4, 0.5) is 0 Å². The van der Waals surface area contributed by atoms with Crippen molar-refractivity contribution >= 4 is 0 Å². The molecule has 1 aromatic rings. The Hall–Kier alpha value is -0.890. The van der Waals surface area contributed by atoms with E-state index in [-0.39, 0.29) is 6.10 Å². The van der Waals surface area contributed by atoms with Gasteiger partial charge in [0.05, 0.1) is 6.10 Å². The molecular formula is C11H17NO. The normalized spacial score (nSPS) is 13.2. The number of nitrogens with zero attached hydrogens (tertiary/aromatic N) is 1. The van der Waals surface area contributed by atoms with Crippen LogP contribution < -0.4 is 0 Å². The molecule has 0 bridgehead atoms. The van der Waals surface area contributed by atoms with Crippen molar-refractivity contribution in [3.63, 3.8) is 0 Å². The molecule has 13 heavy (non-hydrogen) atoms. The van der Waals surface area contributed by atoms with Crippen molar-refractivity contribution in [1.82, 2.24) is 4.98 Å². The lowest BCUT2D eigenvalue weighted by molar-refractivity contribution is 0.148.